The number of hydrogen-bond donors (Lipinski definition) is 1. The van der Waals surface area contributed by atoms with Crippen molar-refractivity contribution in [2.24, 2.45) is 5.10 Å². The van der Waals surface area contributed by atoms with Crippen molar-refractivity contribution in [3.05, 3.63) is 53.1 Å². The van der Waals surface area contributed by atoms with E-state index in [0.29, 0.717) is 22.9 Å². The molecular formula is C21H27N3O5S. The van der Waals surface area contributed by atoms with Crippen LogP contribution in [0.25, 0.3) is 0 Å². The van der Waals surface area contributed by atoms with Crippen molar-refractivity contribution in [2.75, 3.05) is 31.3 Å². The van der Waals surface area contributed by atoms with Crippen molar-refractivity contribution < 1.29 is 22.7 Å². The SMILES string of the molecule is COc1ccc(/C(C)=N\NC(=O)CN(c2cc(C)ccc2C)S(C)(=O)=O)cc1OC. The molecule has 0 aromatic heterocycles. The molecule has 0 aliphatic rings. The van der Waals surface area contributed by atoms with Gasteiger partial charge in [0.15, 0.2) is 11.5 Å². The predicted molar refractivity (Wildman–Crippen MR) is 118 cm³/mol. The Balaban J connectivity index is 2.20. The number of carbonyl (C=O) groups is 1. The molecule has 2 rings (SSSR count). The van der Waals surface area contributed by atoms with E-state index in [1.807, 2.05) is 19.1 Å². The minimum atomic E-state index is -3.67. The highest BCUT2D eigenvalue weighted by molar-refractivity contribution is 7.92. The van der Waals surface area contributed by atoms with Crippen molar-refractivity contribution >= 4 is 27.3 Å². The summed E-state index contributed by atoms with van der Waals surface area (Å²) in [6, 6.07) is 10.7. The maximum absolute atomic E-state index is 12.5. The highest BCUT2D eigenvalue weighted by atomic mass is 32.2. The van der Waals surface area contributed by atoms with Gasteiger partial charge in [-0.2, -0.15) is 5.10 Å². The Hall–Kier alpha value is -3.07. The average Bonchev–Trinajstić information content (AvgIpc) is 2.70. The van der Waals surface area contributed by atoms with E-state index in [1.54, 1.807) is 45.2 Å². The third-order valence-electron chi connectivity index (χ3n) is 4.47. The third kappa shape index (κ3) is 5.73. The highest BCUT2D eigenvalue weighted by Crippen LogP contribution is 2.28. The van der Waals surface area contributed by atoms with E-state index < -0.39 is 15.9 Å². The van der Waals surface area contributed by atoms with E-state index in [-0.39, 0.29) is 6.54 Å². The van der Waals surface area contributed by atoms with Crippen LogP contribution >= 0.6 is 0 Å². The molecule has 0 aliphatic carbocycles. The third-order valence-corrected chi connectivity index (χ3v) is 5.60. The van der Waals surface area contributed by atoms with E-state index >= 15 is 0 Å². The lowest BCUT2D eigenvalue weighted by atomic mass is 10.1. The fourth-order valence-corrected chi connectivity index (χ4v) is 3.71. The molecule has 1 N–H and O–H groups in total. The Kier molecular flexibility index (Phi) is 7.44. The number of benzene rings is 2. The second-order valence-electron chi connectivity index (χ2n) is 6.86. The van der Waals surface area contributed by atoms with Crippen LogP contribution in [0.3, 0.4) is 0 Å². The lowest BCUT2D eigenvalue weighted by Gasteiger charge is -2.23. The minimum Gasteiger partial charge on any atom is -0.493 e. The molecule has 1 amide bonds. The van der Waals surface area contributed by atoms with Crippen LogP contribution in [0.2, 0.25) is 0 Å². The number of rotatable bonds is 8. The zero-order chi connectivity index (χ0) is 22.5. The van der Waals surface area contributed by atoms with Crippen LogP contribution in [-0.2, 0) is 14.8 Å². The number of aryl methyl sites for hydroxylation is 2. The van der Waals surface area contributed by atoms with Gasteiger partial charge in [0.05, 0.1) is 31.9 Å². The molecule has 0 unspecified atom stereocenters. The van der Waals surface area contributed by atoms with Gasteiger partial charge in [0.25, 0.3) is 5.91 Å². The normalized spacial score (nSPS) is 11.7. The summed E-state index contributed by atoms with van der Waals surface area (Å²) in [6.45, 7) is 5.00. The Morgan fingerprint density at radius 3 is 2.33 bits per heavy atom. The van der Waals surface area contributed by atoms with Crippen LogP contribution in [0.1, 0.15) is 23.6 Å². The molecule has 0 saturated heterocycles. The second-order valence-corrected chi connectivity index (χ2v) is 8.77. The highest BCUT2D eigenvalue weighted by Gasteiger charge is 2.22. The first-order chi connectivity index (χ1) is 14.1. The number of methoxy groups -OCH3 is 2. The summed E-state index contributed by atoms with van der Waals surface area (Å²) in [5.41, 5.74) is 5.79. The van der Waals surface area contributed by atoms with Gasteiger partial charge in [0, 0.05) is 5.56 Å². The Bertz CT molecular complexity index is 1060. The maximum Gasteiger partial charge on any atom is 0.260 e. The summed E-state index contributed by atoms with van der Waals surface area (Å²) in [4.78, 5) is 12.5. The van der Waals surface area contributed by atoms with E-state index in [1.165, 1.54) is 7.11 Å². The number of sulfonamides is 1. The Labute approximate surface area is 177 Å². The summed E-state index contributed by atoms with van der Waals surface area (Å²) >= 11 is 0. The maximum atomic E-state index is 12.5. The van der Waals surface area contributed by atoms with Gasteiger partial charge in [-0.05, 0) is 56.2 Å². The molecule has 9 heteroatoms. The van der Waals surface area contributed by atoms with Gasteiger partial charge in [-0.1, -0.05) is 12.1 Å². The lowest BCUT2D eigenvalue weighted by molar-refractivity contribution is -0.119. The van der Waals surface area contributed by atoms with Crippen molar-refractivity contribution in [2.45, 2.75) is 20.8 Å². The molecule has 30 heavy (non-hydrogen) atoms. The largest absolute Gasteiger partial charge is 0.493 e. The number of anilines is 1. The molecule has 0 aliphatic heterocycles. The summed E-state index contributed by atoms with van der Waals surface area (Å²) in [6.07, 6.45) is 1.07. The quantitative estimate of drug-likeness (QED) is 0.510. The molecule has 0 fully saturated rings. The molecule has 0 bridgehead atoms. The molecule has 2 aromatic rings. The molecule has 0 heterocycles. The average molecular weight is 434 g/mol. The van der Waals surface area contributed by atoms with Crippen LogP contribution in [-0.4, -0.2) is 47.1 Å². The molecule has 2 aromatic carbocycles. The molecule has 0 radical (unpaired) electrons. The second kappa shape index (κ2) is 9.62. The summed E-state index contributed by atoms with van der Waals surface area (Å²) in [5.74, 6) is 0.561. The zero-order valence-electron chi connectivity index (χ0n) is 18.0. The first-order valence-electron chi connectivity index (χ1n) is 9.17. The molecular weight excluding hydrogens is 406 g/mol. The van der Waals surface area contributed by atoms with Gasteiger partial charge in [0.1, 0.15) is 6.54 Å². The van der Waals surface area contributed by atoms with Gasteiger partial charge in [0.2, 0.25) is 10.0 Å². The van der Waals surface area contributed by atoms with Crippen LogP contribution in [0.5, 0.6) is 11.5 Å². The van der Waals surface area contributed by atoms with Gasteiger partial charge in [-0.3, -0.25) is 9.10 Å². The van der Waals surface area contributed by atoms with Crippen molar-refractivity contribution in [3.63, 3.8) is 0 Å². The smallest absolute Gasteiger partial charge is 0.260 e. The minimum absolute atomic E-state index is 0.383. The number of amides is 1. The van der Waals surface area contributed by atoms with E-state index in [0.717, 1.165) is 27.3 Å². The summed E-state index contributed by atoms with van der Waals surface area (Å²) in [5, 5.41) is 4.09. The van der Waals surface area contributed by atoms with Crippen LogP contribution in [0.15, 0.2) is 41.5 Å². The van der Waals surface area contributed by atoms with Crippen LogP contribution in [0, 0.1) is 13.8 Å². The molecule has 0 atom stereocenters. The predicted octanol–water partition coefficient (Wildman–Crippen LogP) is 2.63. The van der Waals surface area contributed by atoms with E-state index in [4.69, 9.17) is 9.47 Å². The number of hydrogen-bond acceptors (Lipinski definition) is 6. The number of hydrazone groups is 1. The molecule has 8 nitrogen and oxygen atoms in total. The van der Waals surface area contributed by atoms with Gasteiger partial charge >= 0.3 is 0 Å². The number of nitrogens with zero attached hydrogens (tertiary/aromatic N) is 2. The van der Waals surface area contributed by atoms with Crippen molar-refractivity contribution in [1.29, 1.82) is 0 Å². The van der Waals surface area contributed by atoms with Crippen molar-refractivity contribution in [1.82, 2.24) is 5.43 Å². The van der Waals surface area contributed by atoms with Gasteiger partial charge in [-0.25, -0.2) is 13.8 Å². The molecule has 162 valence electrons. The monoisotopic (exact) mass is 433 g/mol. The van der Waals surface area contributed by atoms with Gasteiger partial charge in [-0.15, -0.1) is 0 Å². The Morgan fingerprint density at radius 2 is 1.73 bits per heavy atom. The first-order valence-corrected chi connectivity index (χ1v) is 11.0. The van der Waals surface area contributed by atoms with E-state index in [9.17, 15) is 13.2 Å². The number of carbonyl (C=O) groups excluding carboxylic acids is 1. The van der Waals surface area contributed by atoms with Gasteiger partial charge < -0.3 is 9.47 Å². The lowest BCUT2D eigenvalue weighted by Crippen LogP contribution is -2.39. The first kappa shape index (κ1) is 23.2. The standard InChI is InChI=1S/C21H27N3O5S/c1-14-7-8-15(2)18(11-14)24(30(6,26)27)13-21(25)23-22-16(3)17-9-10-19(28-4)20(12-17)29-5/h7-12H,13H2,1-6H3,(H,23,25)/b22-16-. The fraction of sp³-hybridized carbons (Fsp3) is 0.333. The van der Waals surface area contributed by atoms with Crippen molar-refractivity contribution in [3.8, 4) is 11.5 Å². The zero-order valence-corrected chi connectivity index (χ0v) is 18.8. The fourth-order valence-electron chi connectivity index (χ4n) is 2.81. The topological polar surface area (TPSA) is 97.3 Å². The number of ether oxygens (including phenoxy) is 2. The summed E-state index contributed by atoms with van der Waals surface area (Å²) in [7, 11) is -0.592. The molecule has 0 spiro atoms. The number of nitrogens with one attached hydrogen (secondary N) is 1. The van der Waals surface area contributed by atoms with Crippen LogP contribution < -0.4 is 19.2 Å². The molecule has 0 saturated carbocycles. The van der Waals surface area contributed by atoms with Crippen LogP contribution in [0.4, 0.5) is 5.69 Å². The Morgan fingerprint density at radius 1 is 1.07 bits per heavy atom. The summed E-state index contributed by atoms with van der Waals surface area (Å²) < 4.78 is 36.2. The van der Waals surface area contributed by atoms with E-state index in [2.05, 4.69) is 10.5 Å².